The maximum Gasteiger partial charge on any atom is 0.128 e. The van der Waals surface area contributed by atoms with E-state index >= 15 is 0 Å². The molecule has 0 radical (unpaired) electrons. The number of ether oxygens (including phenoxy) is 2. The highest BCUT2D eigenvalue weighted by atomic mass is 35.5. The fourth-order valence-electron chi connectivity index (χ4n) is 1.78. The van der Waals surface area contributed by atoms with Crippen molar-refractivity contribution >= 4 is 23.2 Å². The fraction of sp³-hybridized carbons (Fsp3) is 0.250. The molecular weight excluding hydrogens is 295 g/mol. The van der Waals surface area contributed by atoms with Gasteiger partial charge in [-0.25, -0.2) is 0 Å². The van der Waals surface area contributed by atoms with Crippen molar-refractivity contribution in [1.29, 1.82) is 0 Å². The minimum Gasteiger partial charge on any atom is -0.457 e. The van der Waals surface area contributed by atoms with E-state index in [1.54, 1.807) is 13.2 Å². The van der Waals surface area contributed by atoms with E-state index in [0.717, 1.165) is 24.3 Å². The van der Waals surface area contributed by atoms with Gasteiger partial charge in [-0.2, -0.15) is 0 Å². The monoisotopic (exact) mass is 310 g/mol. The Kier molecular flexibility index (Phi) is 5.72. The van der Waals surface area contributed by atoms with Gasteiger partial charge in [0.25, 0.3) is 0 Å². The molecule has 2 aromatic carbocycles. The number of hydrogen-bond donors (Lipinski definition) is 0. The molecule has 0 saturated carbocycles. The topological polar surface area (TPSA) is 18.5 Å². The molecule has 0 amide bonds. The van der Waals surface area contributed by atoms with E-state index in [0.29, 0.717) is 16.7 Å². The van der Waals surface area contributed by atoms with Crippen molar-refractivity contribution in [2.24, 2.45) is 0 Å². The maximum absolute atomic E-state index is 6.10. The minimum atomic E-state index is 0.396. The molecule has 0 aliphatic rings. The second-order valence-electron chi connectivity index (χ2n) is 4.38. The van der Waals surface area contributed by atoms with E-state index in [2.05, 4.69) is 0 Å². The van der Waals surface area contributed by atoms with Crippen LogP contribution in [-0.4, -0.2) is 13.7 Å². The van der Waals surface area contributed by atoms with Crippen LogP contribution in [0.25, 0.3) is 0 Å². The average molecular weight is 311 g/mol. The molecule has 20 heavy (non-hydrogen) atoms. The predicted molar refractivity (Wildman–Crippen MR) is 83.1 cm³/mol. The minimum absolute atomic E-state index is 0.396. The molecule has 0 aliphatic heterocycles. The lowest BCUT2D eigenvalue weighted by molar-refractivity contribution is 0.202. The molecule has 0 atom stereocenters. The molecule has 2 rings (SSSR count). The van der Waals surface area contributed by atoms with Crippen LogP contribution >= 0.6 is 23.2 Å². The van der Waals surface area contributed by atoms with Crippen LogP contribution in [0.1, 0.15) is 11.1 Å². The molecule has 0 aliphatic carbocycles. The van der Waals surface area contributed by atoms with Gasteiger partial charge in [-0.15, -0.1) is 11.6 Å². The molecule has 0 fully saturated rings. The summed E-state index contributed by atoms with van der Waals surface area (Å²) >= 11 is 11.9. The number of methoxy groups -OCH3 is 1. The number of benzene rings is 2. The van der Waals surface area contributed by atoms with Crippen molar-refractivity contribution in [3.63, 3.8) is 0 Å². The lowest BCUT2D eigenvalue weighted by Crippen LogP contribution is -1.94. The first-order valence-corrected chi connectivity index (χ1v) is 7.24. The largest absolute Gasteiger partial charge is 0.457 e. The third kappa shape index (κ3) is 4.14. The fourth-order valence-corrected chi connectivity index (χ4v) is 2.32. The summed E-state index contributed by atoms with van der Waals surface area (Å²) in [7, 11) is 1.70. The molecule has 4 heteroatoms. The third-order valence-corrected chi connectivity index (χ3v) is 3.56. The van der Waals surface area contributed by atoms with Crippen LogP contribution in [0.4, 0.5) is 0 Å². The van der Waals surface area contributed by atoms with Crippen LogP contribution in [0.15, 0.2) is 42.5 Å². The smallest absolute Gasteiger partial charge is 0.128 e. The highest BCUT2D eigenvalue weighted by Crippen LogP contribution is 2.27. The molecule has 0 heterocycles. The van der Waals surface area contributed by atoms with E-state index in [4.69, 9.17) is 32.7 Å². The second kappa shape index (κ2) is 7.53. The highest BCUT2D eigenvalue weighted by Gasteiger charge is 2.03. The summed E-state index contributed by atoms with van der Waals surface area (Å²) in [5.41, 5.74) is 2.12. The summed E-state index contributed by atoms with van der Waals surface area (Å²) in [6, 6.07) is 13.5. The highest BCUT2D eigenvalue weighted by molar-refractivity contribution is 6.32. The first-order chi connectivity index (χ1) is 9.72. The molecular formula is C16H16Cl2O2. The van der Waals surface area contributed by atoms with Gasteiger partial charge in [-0.3, -0.25) is 0 Å². The SMILES string of the molecule is COCCc1ccc(Oc2ccc(CCl)c(Cl)c2)cc1. The average Bonchev–Trinajstić information content (AvgIpc) is 2.47. The van der Waals surface area contributed by atoms with Crippen LogP contribution in [-0.2, 0) is 17.0 Å². The van der Waals surface area contributed by atoms with Crippen molar-refractivity contribution < 1.29 is 9.47 Å². The van der Waals surface area contributed by atoms with Crippen molar-refractivity contribution in [2.75, 3.05) is 13.7 Å². The van der Waals surface area contributed by atoms with Crippen molar-refractivity contribution in [1.82, 2.24) is 0 Å². The Morgan fingerprint density at radius 1 is 1.00 bits per heavy atom. The van der Waals surface area contributed by atoms with Crippen LogP contribution in [0.3, 0.4) is 0 Å². The van der Waals surface area contributed by atoms with Gasteiger partial charge in [0.2, 0.25) is 0 Å². The van der Waals surface area contributed by atoms with E-state index in [-0.39, 0.29) is 0 Å². The van der Waals surface area contributed by atoms with Gasteiger partial charge >= 0.3 is 0 Å². The number of rotatable bonds is 6. The van der Waals surface area contributed by atoms with Crippen molar-refractivity contribution in [3.05, 3.63) is 58.6 Å². The van der Waals surface area contributed by atoms with Crippen LogP contribution in [0, 0.1) is 0 Å². The van der Waals surface area contributed by atoms with Gasteiger partial charge in [-0.05, 0) is 41.8 Å². The summed E-state index contributed by atoms with van der Waals surface area (Å²) in [5.74, 6) is 1.88. The Morgan fingerprint density at radius 2 is 1.70 bits per heavy atom. The first kappa shape index (κ1) is 15.2. The molecule has 0 N–H and O–H groups in total. The summed E-state index contributed by atoms with van der Waals surface area (Å²) in [6.07, 6.45) is 0.896. The van der Waals surface area contributed by atoms with E-state index < -0.39 is 0 Å². The molecule has 0 aromatic heterocycles. The van der Waals surface area contributed by atoms with Gasteiger partial charge in [-0.1, -0.05) is 29.8 Å². The number of alkyl halides is 1. The van der Waals surface area contributed by atoms with Gasteiger partial charge in [0.1, 0.15) is 11.5 Å². The maximum atomic E-state index is 6.10. The zero-order valence-corrected chi connectivity index (χ0v) is 12.7. The van der Waals surface area contributed by atoms with E-state index in [1.807, 2.05) is 36.4 Å². The summed E-state index contributed by atoms with van der Waals surface area (Å²) in [4.78, 5) is 0. The van der Waals surface area contributed by atoms with Crippen LogP contribution in [0.2, 0.25) is 5.02 Å². The zero-order valence-electron chi connectivity index (χ0n) is 11.2. The van der Waals surface area contributed by atoms with Gasteiger partial charge in [0.05, 0.1) is 6.61 Å². The zero-order chi connectivity index (χ0) is 14.4. The Balaban J connectivity index is 2.04. The number of halogens is 2. The molecule has 0 unspecified atom stereocenters. The second-order valence-corrected chi connectivity index (χ2v) is 5.05. The quantitative estimate of drug-likeness (QED) is 0.694. The Hall–Kier alpha value is -1.22. The summed E-state index contributed by atoms with van der Waals surface area (Å²) in [5, 5.41) is 0.620. The molecule has 0 saturated heterocycles. The molecule has 2 aromatic rings. The van der Waals surface area contributed by atoms with E-state index in [9.17, 15) is 0 Å². The van der Waals surface area contributed by atoms with Gasteiger partial charge in [0, 0.05) is 18.0 Å². The van der Waals surface area contributed by atoms with Crippen LogP contribution in [0.5, 0.6) is 11.5 Å². The Morgan fingerprint density at radius 3 is 2.30 bits per heavy atom. The van der Waals surface area contributed by atoms with Crippen molar-refractivity contribution in [2.45, 2.75) is 12.3 Å². The molecule has 0 spiro atoms. The Bertz CT molecular complexity index is 553. The predicted octanol–water partition coefficient (Wildman–Crippen LogP) is 5.06. The number of hydrogen-bond acceptors (Lipinski definition) is 2. The summed E-state index contributed by atoms with van der Waals surface area (Å²) in [6.45, 7) is 0.718. The van der Waals surface area contributed by atoms with Crippen LogP contribution < -0.4 is 4.74 Å². The summed E-state index contributed by atoms with van der Waals surface area (Å²) < 4.78 is 10.8. The molecule has 2 nitrogen and oxygen atoms in total. The standard InChI is InChI=1S/C16H16Cl2O2/c1-19-9-8-12-2-5-14(6-3-12)20-15-7-4-13(11-17)16(18)10-15/h2-7,10H,8-9,11H2,1H3. The third-order valence-electron chi connectivity index (χ3n) is 2.92. The first-order valence-electron chi connectivity index (χ1n) is 6.33. The van der Waals surface area contributed by atoms with Crippen molar-refractivity contribution in [3.8, 4) is 11.5 Å². The Labute approximate surface area is 129 Å². The normalized spacial score (nSPS) is 10.6. The van der Waals surface area contributed by atoms with Gasteiger partial charge < -0.3 is 9.47 Å². The lowest BCUT2D eigenvalue weighted by Gasteiger charge is -2.08. The lowest BCUT2D eigenvalue weighted by atomic mass is 10.1. The van der Waals surface area contributed by atoms with E-state index in [1.165, 1.54) is 5.56 Å². The molecule has 0 bridgehead atoms. The van der Waals surface area contributed by atoms with Gasteiger partial charge in [0.15, 0.2) is 0 Å². The molecule has 106 valence electrons.